The number of aromatic nitrogens is 1. The monoisotopic (exact) mass is 381 g/mol. The predicted octanol–water partition coefficient (Wildman–Crippen LogP) is 3.39. The molecule has 27 heavy (non-hydrogen) atoms. The molecule has 2 N–H and O–H groups in total. The van der Waals surface area contributed by atoms with E-state index in [0.717, 1.165) is 5.56 Å². The van der Waals surface area contributed by atoms with Gasteiger partial charge in [-0.3, -0.25) is 19.7 Å². The Morgan fingerprint density at radius 3 is 2.52 bits per heavy atom. The highest BCUT2D eigenvalue weighted by atomic mass is 32.1. The number of thiazole rings is 1. The largest absolute Gasteiger partial charge is 0.321 e. The summed E-state index contributed by atoms with van der Waals surface area (Å²) < 4.78 is 13.1. The van der Waals surface area contributed by atoms with Gasteiger partial charge in [0.05, 0.1) is 16.8 Å². The van der Waals surface area contributed by atoms with Gasteiger partial charge in [-0.05, 0) is 49.4 Å². The van der Waals surface area contributed by atoms with E-state index in [4.69, 9.17) is 0 Å². The summed E-state index contributed by atoms with van der Waals surface area (Å²) in [6.07, 6.45) is 0. The third-order valence-corrected chi connectivity index (χ3v) is 5.29. The smallest absolute Gasteiger partial charge is 0.267 e. The lowest BCUT2D eigenvalue weighted by Gasteiger charge is -2.05. The Morgan fingerprint density at radius 1 is 1.07 bits per heavy atom. The molecular weight excluding hydrogens is 369 g/mol. The third kappa shape index (κ3) is 3.11. The molecule has 0 bridgehead atoms. The van der Waals surface area contributed by atoms with Gasteiger partial charge in [0.1, 0.15) is 15.7 Å². The van der Waals surface area contributed by atoms with Crippen LogP contribution in [0.5, 0.6) is 0 Å². The Hall–Kier alpha value is -3.39. The zero-order chi connectivity index (χ0) is 19.1. The minimum Gasteiger partial charge on any atom is -0.321 e. The number of hydrogen-bond acceptors (Lipinski definition) is 5. The molecule has 2 aromatic carbocycles. The molecule has 3 aromatic rings. The first-order valence-electron chi connectivity index (χ1n) is 7.97. The van der Waals surface area contributed by atoms with Gasteiger partial charge >= 0.3 is 0 Å². The van der Waals surface area contributed by atoms with Crippen molar-refractivity contribution in [3.8, 4) is 10.6 Å². The lowest BCUT2D eigenvalue weighted by molar-refractivity contribution is 0.0878. The van der Waals surface area contributed by atoms with Crippen LogP contribution in [0.1, 0.15) is 36.1 Å². The second-order valence-corrected chi connectivity index (χ2v) is 6.94. The molecule has 3 amide bonds. The number of carbonyl (C=O) groups excluding carboxylic acids is 3. The summed E-state index contributed by atoms with van der Waals surface area (Å²) in [7, 11) is 0. The van der Waals surface area contributed by atoms with Crippen LogP contribution in [0.4, 0.5) is 10.1 Å². The van der Waals surface area contributed by atoms with Crippen LogP contribution in [0.25, 0.3) is 10.6 Å². The van der Waals surface area contributed by atoms with Crippen molar-refractivity contribution < 1.29 is 18.8 Å². The standard InChI is InChI=1S/C19H12FN3O3S/c1-9-15(27-19(21-9)10-2-4-11(20)5-3-10)18(26)22-12-6-7-13-14(8-12)17(25)23-16(13)24/h2-8H,1H3,(H,22,26)(H,23,24,25). The van der Waals surface area contributed by atoms with E-state index in [0.29, 0.717) is 21.3 Å². The van der Waals surface area contributed by atoms with E-state index in [-0.39, 0.29) is 22.9 Å². The van der Waals surface area contributed by atoms with Crippen molar-refractivity contribution in [2.75, 3.05) is 5.32 Å². The zero-order valence-corrected chi connectivity index (χ0v) is 14.8. The molecule has 0 saturated heterocycles. The van der Waals surface area contributed by atoms with Crippen LogP contribution >= 0.6 is 11.3 Å². The highest BCUT2D eigenvalue weighted by Crippen LogP contribution is 2.29. The molecule has 4 rings (SSSR count). The van der Waals surface area contributed by atoms with E-state index < -0.39 is 11.8 Å². The topological polar surface area (TPSA) is 88.2 Å². The first kappa shape index (κ1) is 17.0. The van der Waals surface area contributed by atoms with E-state index in [2.05, 4.69) is 15.6 Å². The van der Waals surface area contributed by atoms with Crippen LogP contribution in [0, 0.1) is 12.7 Å². The number of carbonyl (C=O) groups is 3. The first-order valence-corrected chi connectivity index (χ1v) is 8.78. The summed E-state index contributed by atoms with van der Waals surface area (Å²) >= 11 is 1.19. The SMILES string of the molecule is Cc1nc(-c2ccc(F)cc2)sc1C(=O)Nc1ccc2c(c1)C(=O)NC2=O. The number of amides is 3. The molecule has 1 aliphatic heterocycles. The second-order valence-electron chi connectivity index (χ2n) is 5.94. The number of fused-ring (bicyclic) bond motifs is 1. The normalized spacial score (nSPS) is 12.7. The fourth-order valence-electron chi connectivity index (χ4n) is 2.76. The molecule has 0 aliphatic carbocycles. The van der Waals surface area contributed by atoms with E-state index in [1.807, 2.05) is 0 Å². The second kappa shape index (κ2) is 6.40. The van der Waals surface area contributed by atoms with Gasteiger partial charge in [-0.2, -0.15) is 0 Å². The average molecular weight is 381 g/mol. The van der Waals surface area contributed by atoms with Crippen LogP contribution in [-0.4, -0.2) is 22.7 Å². The Morgan fingerprint density at radius 2 is 1.78 bits per heavy atom. The maximum absolute atomic E-state index is 13.1. The molecule has 0 saturated carbocycles. The number of rotatable bonds is 3. The lowest BCUT2D eigenvalue weighted by atomic mass is 10.1. The molecule has 0 atom stereocenters. The number of halogens is 1. The molecule has 0 radical (unpaired) electrons. The highest BCUT2D eigenvalue weighted by molar-refractivity contribution is 7.17. The van der Waals surface area contributed by atoms with Crippen molar-refractivity contribution >= 4 is 34.7 Å². The summed E-state index contributed by atoms with van der Waals surface area (Å²) in [5.74, 6) is -1.65. The molecular formula is C19H12FN3O3S. The molecule has 0 fully saturated rings. The molecule has 6 nitrogen and oxygen atoms in total. The zero-order valence-electron chi connectivity index (χ0n) is 14.0. The number of aryl methyl sites for hydroxylation is 1. The van der Waals surface area contributed by atoms with Crippen LogP contribution in [0.2, 0.25) is 0 Å². The average Bonchev–Trinajstić information content (AvgIpc) is 3.16. The Labute approximate surface area is 157 Å². The molecule has 1 aliphatic rings. The van der Waals surface area contributed by atoms with Gasteiger partial charge < -0.3 is 5.32 Å². The predicted molar refractivity (Wildman–Crippen MR) is 98.4 cm³/mol. The molecule has 134 valence electrons. The number of benzene rings is 2. The van der Waals surface area contributed by atoms with Gasteiger partial charge in [-0.15, -0.1) is 11.3 Å². The van der Waals surface area contributed by atoms with Crippen LogP contribution < -0.4 is 10.6 Å². The minimum absolute atomic E-state index is 0.228. The van der Waals surface area contributed by atoms with Gasteiger partial charge in [-0.1, -0.05) is 0 Å². The fourth-order valence-corrected chi connectivity index (χ4v) is 3.72. The molecule has 2 heterocycles. The summed E-state index contributed by atoms with van der Waals surface area (Å²) in [6, 6.07) is 10.4. The van der Waals surface area contributed by atoms with E-state index in [1.54, 1.807) is 25.1 Å². The Kier molecular flexibility index (Phi) is 4.04. The van der Waals surface area contributed by atoms with Crippen molar-refractivity contribution in [3.05, 3.63) is 70.0 Å². The fraction of sp³-hybridized carbons (Fsp3) is 0.0526. The van der Waals surface area contributed by atoms with Gasteiger partial charge in [0, 0.05) is 11.3 Å². The van der Waals surface area contributed by atoms with Gasteiger partial charge in [0.15, 0.2) is 0 Å². The highest BCUT2D eigenvalue weighted by Gasteiger charge is 2.27. The van der Waals surface area contributed by atoms with Crippen LogP contribution in [-0.2, 0) is 0 Å². The maximum atomic E-state index is 13.1. The van der Waals surface area contributed by atoms with Crippen molar-refractivity contribution in [2.45, 2.75) is 6.92 Å². The summed E-state index contributed by atoms with van der Waals surface area (Å²) in [6.45, 7) is 1.72. The lowest BCUT2D eigenvalue weighted by Crippen LogP contribution is -2.19. The van der Waals surface area contributed by atoms with Gasteiger partial charge in [0.2, 0.25) is 0 Å². The quantitative estimate of drug-likeness (QED) is 0.681. The Balaban J connectivity index is 1.59. The summed E-state index contributed by atoms with van der Waals surface area (Å²) in [5.41, 5.74) is 2.18. The minimum atomic E-state index is -0.487. The number of imide groups is 1. The van der Waals surface area contributed by atoms with Crippen molar-refractivity contribution in [3.63, 3.8) is 0 Å². The molecule has 8 heteroatoms. The number of anilines is 1. The number of hydrogen-bond donors (Lipinski definition) is 2. The van der Waals surface area contributed by atoms with Crippen molar-refractivity contribution in [1.82, 2.24) is 10.3 Å². The summed E-state index contributed by atoms with van der Waals surface area (Å²) in [5, 5.41) is 5.53. The first-order chi connectivity index (χ1) is 12.9. The van der Waals surface area contributed by atoms with Crippen molar-refractivity contribution in [2.24, 2.45) is 0 Å². The van der Waals surface area contributed by atoms with Crippen LogP contribution in [0.3, 0.4) is 0 Å². The Bertz CT molecular complexity index is 1110. The molecule has 0 spiro atoms. The maximum Gasteiger partial charge on any atom is 0.267 e. The van der Waals surface area contributed by atoms with E-state index >= 15 is 0 Å². The van der Waals surface area contributed by atoms with Gasteiger partial charge in [0.25, 0.3) is 17.7 Å². The molecule has 1 aromatic heterocycles. The number of nitrogens with one attached hydrogen (secondary N) is 2. The van der Waals surface area contributed by atoms with Gasteiger partial charge in [-0.25, -0.2) is 9.37 Å². The van der Waals surface area contributed by atoms with Crippen LogP contribution in [0.15, 0.2) is 42.5 Å². The van der Waals surface area contributed by atoms with E-state index in [1.165, 1.54) is 35.6 Å². The van der Waals surface area contributed by atoms with E-state index in [9.17, 15) is 18.8 Å². The summed E-state index contributed by atoms with van der Waals surface area (Å²) in [4.78, 5) is 40.7. The molecule has 0 unspecified atom stereocenters. The third-order valence-electron chi connectivity index (χ3n) is 4.09. The van der Waals surface area contributed by atoms with Crippen molar-refractivity contribution in [1.29, 1.82) is 0 Å². The number of nitrogens with zero attached hydrogens (tertiary/aromatic N) is 1.